The molecular formula is C15H14ClN3. The number of aromatic nitrogens is 2. The van der Waals surface area contributed by atoms with E-state index < -0.39 is 0 Å². The van der Waals surface area contributed by atoms with Crippen molar-refractivity contribution in [1.82, 2.24) is 9.38 Å². The number of rotatable bonds is 1. The summed E-state index contributed by atoms with van der Waals surface area (Å²) in [6.45, 7) is 3.99. The lowest BCUT2D eigenvalue weighted by molar-refractivity contribution is 1.10. The normalized spacial score (nSPS) is 11.1. The van der Waals surface area contributed by atoms with Crippen LogP contribution < -0.4 is 5.73 Å². The van der Waals surface area contributed by atoms with Gasteiger partial charge in [0.15, 0.2) is 0 Å². The Morgan fingerprint density at radius 1 is 1.16 bits per heavy atom. The topological polar surface area (TPSA) is 43.3 Å². The van der Waals surface area contributed by atoms with Gasteiger partial charge in [-0.15, -0.1) is 0 Å². The van der Waals surface area contributed by atoms with Crippen LogP contribution in [0.5, 0.6) is 0 Å². The van der Waals surface area contributed by atoms with Crippen LogP contribution >= 0.6 is 11.6 Å². The van der Waals surface area contributed by atoms with E-state index in [0.29, 0.717) is 5.82 Å². The average molecular weight is 272 g/mol. The van der Waals surface area contributed by atoms with Gasteiger partial charge >= 0.3 is 0 Å². The molecule has 3 aromatic rings. The number of fused-ring (bicyclic) bond motifs is 1. The Hall–Kier alpha value is -2.00. The summed E-state index contributed by atoms with van der Waals surface area (Å²) >= 11 is 6.17. The first-order valence-corrected chi connectivity index (χ1v) is 6.46. The first-order chi connectivity index (χ1) is 9.08. The zero-order valence-corrected chi connectivity index (χ0v) is 11.6. The molecule has 0 radical (unpaired) electrons. The molecule has 0 spiro atoms. The van der Waals surface area contributed by atoms with Gasteiger partial charge in [0.2, 0.25) is 0 Å². The van der Waals surface area contributed by atoms with Crippen molar-refractivity contribution >= 4 is 23.1 Å². The Balaban J connectivity index is 2.28. The molecule has 96 valence electrons. The number of imidazole rings is 1. The maximum absolute atomic E-state index is 6.22. The van der Waals surface area contributed by atoms with E-state index in [1.165, 1.54) is 0 Å². The third-order valence-corrected chi connectivity index (χ3v) is 3.73. The largest absolute Gasteiger partial charge is 0.383 e. The monoisotopic (exact) mass is 271 g/mol. The van der Waals surface area contributed by atoms with Crippen molar-refractivity contribution in [1.29, 1.82) is 0 Å². The Labute approximate surface area is 116 Å². The average Bonchev–Trinajstić information content (AvgIpc) is 2.72. The standard InChI is InChI=1S/C15H14ClN3/c1-9-6-7-11(8-12(9)16)14-15(17)19-10(2)4-3-5-13(19)18-14/h3-8H,17H2,1-2H3. The third kappa shape index (κ3) is 1.87. The molecule has 2 N–H and O–H groups in total. The highest BCUT2D eigenvalue weighted by Gasteiger charge is 2.13. The zero-order valence-electron chi connectivity index (χ0n) is 10.8. The molecule has 19 heavy (non-hydrogen) atoms. The maximum atomic E-state index is 6.22. The second-order valence-electron chi connectivity index (χ2n) is 4.67. The van der Waals surface area contributed by atoms with Crippen LogP contribution in [0.3, 0.4) is 0 Å². The number of halogens is 1. The summed E-state index contributed by atoms with van der Waals surface area (Å²) in [5.41, 5.74) is 10.9. The Kier molecular flexibility index (Phi) is 2.72. The van der Waals surface area contributed by atoms with E-state index in [-0.39, 0.29) is 0 Å². The number of pyridine rings is 1. The smallest absolute Gasteiger partial charge is 0.139 e. The molecule has 0 unspecified atom stereocenters. The number of nitrogens with two attached hydrogens (primary N) is 1. The summed E-state index contributed by atoms with van der Waals surface area (Å²) < 4.78 is 1.95. The quantitative estimate of drug-likeness (QED) is 0.730. The Morgan fingerprint density at radius 3 is 2.63 bits per heavy atom. The second kappa shape index (κ2) is 4.28. The van der Waals surface area contributed by atoms with Crippen LogP contribution in [-0.4, -0.2) is 9.38 Å². The molecule has 0 fully saturated rings. The molecule has 0 saturated heterocycles. The number of hydrogen-bond acceptors (Lipinski definition) is 2. The molecule has 0 aliphatic heterocycles. The van der Waals surface area contributed by atoms with E-state index in [1.807, 2.05) is 54.6 Å². The zero-order chi connectivity index (χ0) is 13.6. The highest BCUT2D eigenvalue weighted by molar-refractivity contribution is 6.31. The van der Waals surface area contributed by atoms with Crippen molar-refractivity contribution < 1.29 is 0 Å². The van der Waals surface area contributed by atoms with E-state index in [2.05, 4.69) is 4.98 Å². The molecule has 2 heterocycles. The van der Waals surface area contributed by atoms with Gasteiger partial charge in [-0.25, -0.2) is 4.98 Å². The lowest BCUT2D eigenvalue weighted by Crippen LogP contribution is -1.97. The van der Waals surface area contributed by atoms with Crippen LogP contribution in [0.1, 0.15) is 11.3 Å². The molecule has 0 amide bonds. The minimum atomic E-state index is 0.646. The highest BCUT2D eigenvalue weighted by atomic mass is 35.5. The molecule has 0 saturated carbocycles. The number of hydrogen-bond donors (Lipinski definition) is 1. The molecule has 0 atom stereocenters. The van der Waals surface area contributed by atoms with Gasteiger partial charge in [-0.3, -0.25) is 4.40 Å². The van der Waals surface area contributed by atoms with Crippen LogP contribution in [0.15, 0.2) is 36.4 Å². The van der Waals surface area contributed by atoms with Gasteiger partial charge in [-0.2, -0.15) is 0 Å². The van der Waals surface area contributed by atoms with Crippen LogP contribution in [0.4, 0.5) is 5.82 Å². The van der Waals surface area contributed by atoms with Crippen molar-refractivity contribution in [3.05, 3.63) is 52.7 Å². The van der Waals surface area contributed by atoms with E-state index in [4.69, 9.17) is 17.3 Å². The first-order valence-electron chi connectivity index (χ1n) is 6.08. The van der Waals surface area contributed by atoms with E-state index in [0.717, 1.165) is 33.2 Å². The number of nitrogens with zero attached hydrogens (tertiary/aromatic N) is 2. The van der Waals surface area contributed by atoms with Crippen LogP contribution in [0, 0.1) is 13.8 Å². The molecule has 0 aliphatic carbocycles. The minimum Gasteiger partial charge on any atom is -0.383 e. The van der Waals surface area contributed by atoms with Crippen molar-refractivity contribution in [2.75, 3.05) is 5.73 Å². The van der Waals surface area contributed by atoms with Gasteiger partial charge in [0.1, 0.15) is 17.2 Å². The van der Waals surface area contributed by atoms with Crippen molar-refractivity contribution in [3.8, 4) is 11.3 Å². The fourth-order valence-corrected chi connectivity index (χ4v) is 2.41. The van der Waals surface area contributed by atoms with Crippen molar-refractivity contribution in [2.45, 2.75) is 13.8 Å². The van der Waals surface area contributed by atoms with Gasteiger partial charge in [0.05, 0.1) is 0 Å². The van der Waals surface area contributed by atoms with Crippen LogP contribution in [0.25, 0.3) is 16.9 Å². The van der Waals surface area contributed by atoms with Crippen LogP contribution in [-0.2, 0) is 0 Å². The lowest BCUT2D eigenvalue weighted by atomic mass is 10.1. The van der Waals surface area contributed by atoms with Gasteiger partial charge in [0, 0.05) is 16.3 Å². The summed E-state index contributed by atoms with van der Waals surface area (Å²) in [6.07, 6.45) is 0. The molecule has 0 bridgehead atoms. The van der Waals surface area contributed by atoms with E-state index >= 15 is 0 Å². The number of benzene rings is 1. The molecule has 4 heteroatoms. The predicted molar refractivity (Wildman–Crippen MR) is 79.5 cm³/mol. The molecule has 1 aromatic carbocycles. The highest BCUT2D eigenvalue weighted by Crippen LogP contribution is 2.30. The third-order valence-electron chi connectivity index (χ3n) is 3.32. The number of aryl methyl sites for hydroxylation is 2. The van der Waals surface area contributed by atoms with Crippen LogP contribution in [0.2, 0.25) is 5.02 Å². The van der Waals surface area contributed by atoms with Crippen molar-refractivity contribution in [3.63, 3.8) is 0 Å². The molecular weight excluding hydrogens is 258 g/mol. The summed E-state index contributed by atoms with van der Waals surface area (Å²) in [6, 6.07) is 11.8. The second-order valence-corrected chi connectivity index (χ2v) is 5.08. The van der Waals surface area contributed by atoms with Gasteiger partial charge < -0.3 is 5.73 Å². The van der Waals surface area contributed by atoms with Crippen molar-refractivity contribution in [2.24, 2.45) is 0 Å². The fourth-order valence-electron chi connectivity index (χ4n) is 2.23. The SMILES string of the molecule is Cc1ccc(-c2nc3cccc(C)n3c2N)cc1Cl. The summed E-state index contributed by atoms with van der Waals surface area (Å²) in [7, 11) is 0. The number of anilines is 1. The first kappa shape index (κ1) is 12.1. The fraction of sp³-hybridized carbons (Fsp3) is 0.133. The lowest BCUT2D eigenvalue weighted by Gasteiger charge is -2.03. The van der Waals surface area contributed by atoms with Gasteiger partial charge in [-0.05, 0) is 37.6 Å². The molecule has 3 nitrogen and oxygen atoms in total. The maximum Gasteiger partial charge on any atom is 0.139 e. The summed E-state index contributed by atoms with van der Waals surface area (Å²) in [4.78, 5) is 4.59. The van der Waals surface area contributed by atoms with E-state index in [1.54, 1.807) is 0 Å². The van der Waals surface area contributed by atoms with E-state index in [9.17, 15) is 0 Å². The number of nitrogen functional groups attached to an aromatic ring is 1. The minimum absolute atomic E-state index is 0.646. The summed E-state index contributed by atoms with van der Waals surface area (Å²) in [5.74, 6) is 0.646. The Bertz CT molecular complexity index is 774. The molecule has 0 aliphatic rings. The summed E-state index contributed by atoms with van der Waals surface area (Å²) in [5, 5.41) is 0.727. The predicted octanol–water partition coefficient (Wildman–Crippen LogP) is 3.85. The Morgan fingerprint density at radius 2 is 1.95 bits per heavy atom. The van der Waals surface area contributed by atoms with Gasteiger partial charge in [0.25, 0.3) is 0 Å². The molecule has 2 aromatic heterocycles. The molecule has 3 rings (SSSR count). The van der Waals surface area contributed by atoms with Gasteiger partial charge in [-0.1, -0.05) is 29.8 Å².